The molecule has 0 aliphatic carbocycles. The van der Waals surface area contributed by atoms with Crippen LogP contribution in [0.15, 0.2) is 12.4 Å². The monoisotopic (exact) mass is 229 g/mol. The normalized spacial score (nSPS) is 10.9. The van der Waals surface area contributed by atoms with Crippen LogP contribution in [0.2, 0.25) is 0 Å². The van der Waals surface area contributed by atoms with Crippen molar-refractivity contribution >= 4 is 11.8 Å². The fourth-order valence-electron chi connectivity index (χ4n) is 1.51. The Morgan fingerprint density at radius 2 is 2.33 bits per heavy atom. The maximum absolute atomic E-state index is 5.35. The number of aryl methyl sites for hydroxylation is 1. The lowest BCUT2D eigenvalue weighted by Gasteiger charge is -2.01. The number of aromatic nitrogens is 2. The maximum atomic E-state index is 5.35. The molecule has 0 bridgehead atoms. The van der Waals surface area contributed by atoms with Crippen molar-refractivity contribution in [3.63, 3.8) is 0 Å². The Morgan fingerprint density at radius 1 is 1.53 bits per heavy atom. The molecule has 1 aromatic rings. The zero-order valence-corrected chi connectivity index (χ0v) is 10.7. The van der Waals surface area contributed by atoms with Gasteiger partial charge in [0.1, 0.15) is 18.9 Å². The van der Waals surface area contributed by atoms with E-state index in [1.54, 1.807) is 0 Å². The second kappa shape index (κ2) is 6.90. The molecule has 0 amide bonds. The van der Waals surface area contributed by atoms with Crippen LogP contribution in [0.25, 0.3) is 0 Å². The summed E-state index contributed by atoms with van der Waals surface area (Å²) in [5.41, 5.74) is 0. The van der Waals surface area contributed by atoms with Crippen molar-refractivity contribution in [1.82, 2.24) is 4.57 Å². The van der Waals surface area contributed by atoms with Crippen molar-refractivity contribution in [2.75, 3.05) is 25.2 Å². The summed E-state index contributed by atoms with van der Waals surface area (Å²) >= 11 is 1.88. The highest BCUT2D eigenvalue weighted by atomic mass is 32.2. The molecule has 1 rings (SSSR count). The van der Waals surface area contributed by atoms with Crippen LogP contribution in [-0.2, 0) is 17.8 Å². The number of nitrogens with zero attached hydrogens (tertiary/aromatic N) is 2. The first-order chi connectivity index (χ1) is 7.29. The fraction of sp³-hybridized carbons (Fsp3) is 0.727. The van der Waals surface area contributed by atoms with E-state index in [9.17, 15) is 0 Å². The van der Waals surface area contributed by atoms with Gasteiger partial charge < -0.3 is 4.74 Å². The van der Waals surface area contributed by atoms with Gasteiger partial charge in [-0.2, -0.15) is 11.8 Å². The van der Waals surface area contributed by atoms with Crippen molar-refractivity contribution in [2.45, 2.75) is 26.9 Å². The van der Waals surface area contributed by atoms with Crippen molar-refractivity contribution in [2.24, 2.45) is 0 Å². The first-order valence-electron chi connectivity index (χ1n) is 5.41. The van der Waals surface area contributed by atoms with E-state index >= 15 is 0 Å². The molecule has 4 heteroatoms. The van der Waals surface area contributed by atoms with Crippen LogP contribution < -0.4 is 4.57 Å². The molecular formula is C11H21N2OS+. The molecule has 86 valence electrons. The molecule has 0 saturated heterocycles. The number of imidazole rings is 1. The molecule has 15 heavy (non-hydrogen) atoms. The Kier molecular flexibility index (Phi) is 5.79. The minimum atomic E-state index is 0.798. The van der Waals surface area contributed by atoms with Crippen molar-refractivity contribution < 1.29 is 9.30 Å². The fourth-order valence-corrected chi connectivity index (χ4v) is 1.89. The first kappa shape index (κ1) is 12.6. The molecule has 0 saturated carbocycles. The molecule has 0 aromatic carbocycles. The van der Waals surface area contributed by atoms with Crippen LogP contribution in [0.1, 0.15) is 12.7 Å². The topological polar surface area (TPSA) is 18.0 Å². The van der Waals surface area contributed by atoms with Crippen LogP contribution in [0.3, 0.4) is 0 Å². The smallest absolute Gasteiger partial charge is 0.253 e. The van der Waals surface area contributed by atoms with E-state index in [0.29, 0.717) is 0 Å². The second-order valence-corrected chi connectivity index (χ2v) is 4.41. The van der Waals surface area contributed by atoms with Crippen LogP contribution in [0, 0.1) is 6.92 Å². The number of ether oxygens (including phenoxy) is 1. The third-order valence-electron chi connectivity index (χ3n) is 2.47. The summed E-state index contributed by atoms with van der Waals surface area (Å²) in [6, 6.07) is 0. The summed E-state index contributed by atoms with van der Waals surface area (Å²) in [5.74, 6) is 2.48. The first-order valence-corrected chi connectivity index (χ1v) is 6.80. The van der Waals surface area contributed by atoms with E-state index in [1.165, 1.54) is 11.6 Å². The summed E-state index contributed by atoms with van der Waals surface area (Å²) in [6.07, 6.45) is 6.42. The van der Waals surface area contributed by atoms with Gasteiger partial charge in [-0.1, -0.05) is 0 Å². The Balaban J connectivity index is 2.47. The molecule has 0 N–H and O–H groups in total. The largest absolute Gasteiger partial charge is 0.378 e. The number of hydrogen-bond donors (Lipinski definition) is 0. The van der Waals surface area contributed by atoms with Crippen LogP contribution in [0.4, 0.5) is 0 Å². The summed E-state index contributed by atoms with van der Waals surface area (Å²) in [7, 11) is 0. The summed E-state index contributed by atoms with van der Waals surface area (Å²) in [5, 5.41) is 0. The molecule has 0 aliphatic rings. The standard InChI is InChI=1S/C11H21N2OS/c1-4-14-9-7-12-5-6-13(11(12)2)8-10-15-3/h5-6H,4,7-10H2,1-3H3/q+1. The Bertz CT molecular complexity index is 286. The summed E-state index contributed by atoms with van der Waals surface area (Å²) < 4.78 is 9.89. The summed E-state index contributed by atoms with van der Waals surface area (Å²) in [6.45, 7) is 7.83. The Hall–Kier alpha value is -0.480. The molecule has 0 atom stereocenters. The van der Waals surface area contributed by atoms with Gasteiger partial charge in [0, 0.05) is 19.3 Å². The van der Waals surface area contributed by atoms with Gasteiger partial charge in [-0.25, -0.2) is 9.13 Å². The minimum absolute atomic E-state index is 0.798. The minimum Gasteiger partial charge on any atom is -0.378 e. The van der Waals surface area contributed by atoms with E-state index in [0.717, 1.165) is 26.3 Å². The van der Waals surface area contributed by atoms with Gasteiger partial charge in [0.15, 0.2) is 0 Å². The molecule has 0 spiro atoms. The van der Waals surface area contributed by atoms with Gasteiger partial charge in [-0.05, 0) is 13.2 Å². The molecule has 0 unspecified atom stereocenters. The second-order valence-electron chi connectivity index (χ2n) is 3.42. The Labute approximate surface area is 96.4 Å². The Morgan fingerprint density at radius 3 is 3.00 bits per heavy atom. The lowest BCUT2D eigenvalue weighted by molar-refractivity contribution is -0.703. The molecule has 0 radical (unpaired) electrons. The quantitative estimate of drug-likeness (QED) is 0.521. The van der Waals surface area contributed by atoms with E-state index in [1.807, 2.05) is 18.7 Å². The van der Waals surface area contributed by atoms with Crippen LogP contribution in [0.5, 0.6) is 0 Å². The predicted octanol–water partition coefficient (Wildman–Crippen LogP) is 1.48. The lowest BCUT2D eigenvalue weighted by Crippen LogP contribution is -2.37. The zero-order valence-electron chi connectivity index (χ0n) is 9.90. The maximum Gasteiger partial charge on any atom is 0.253 e. The highest BCUT2D eigenvalue weighted by molar-refractivity contribution is 7.98. The van der Waals surface area contributed by atoms with E-state index in [4.69, 9.17) is 4.74 Å². The average molecular weight is 229 g/mol. The van der Waals surface area contributed by atoms with Crippen molar-refractivity contribution in [3.8, 4) is 0 Å². The van der Waals surface area contributed by atoms with Gasteiger partial charge in [0.05, 0.1) is 13.2 Å². The molecule has 1 aromatic heterocycles. The van der Waals surface area contributed by atoms with Crippen molar-refractivity contribution in [3.05, 3.63) is 18.2 Å². The van der Waals surface area contributed by atoms with E-state index in [-0.39, 0.29) is 0 Å². The molecule has 3 nitrogen and oxygen atoms in total. The highest BCUT2D eigenvalue weighted by Gasteiger charge is 2.10. The van der Waals surface area contributed by atoms with Crippen LogP contribution >= 0.6 is 11.8 Å². The lowest BCUT2D eigenvalue weighted by atomic mass is 10.5. The van der Waals surface area contributed by atoms with Gasteiger partial charge in [-0.15, -0.1) is 0 Å². The molecule has 0 aliphatic heterocycles. The highest BCUT2D eigenvalue weighted by Crippen LogP contribution is 1.98. The number of thioether (sulfide) groups is 1. The van der Waals surface area contributed by atoms with Gasteiger partial charge in [0.25, 0.3) is 5.82 Å². The third-order valence-corrected chi connectivity index (χ3v) is 3.07. The van der Waals surface area contributed by atoms with Gasteiger partial charge in [-0.3, -0.25) is 0 Å². The predicted molar refractivity (Wildman–Crippen MR) is 64.2 cm³/mol. The summed E-state index contributed by atoms with van der Waals surface area (Å²) in [4.78, 5) is 0. The average Bonchev–Trinajstić information content (AvgIpc) is 2.58. The third kappa shape index (κ3) is 3.87. The molecule has 0 fully saturated rings. The van der Waals surface area contributed by atoms with Crippen LogP contribution in [-0.4, -0.2) is 29.8 Å². The van der Waals surface area contributed by atoms with Crippen molar-refractivity contribution in [1.29, 1.82) is 0 Å². The van der Waals surface area contributed by atoms with E-state index in [2.05, 4.69) is 34.7 Å². The number of rotatable bonds is 7. The SMILES string of the molecule is CCOCC[n+]1ccn(CCSC)c1C. The molecular weight excluding hydrogens is 208 g/mol. The van der Waals surface area contributed by atoms with E-state index < -0.39 is 0 Å². The molecule has 1 heterocycles. The van der Waals surface area contributed by atoms with Gasteiger partial charge >= 0.3 is 0 Å². The van der Waals surface area contributed by atoms with Gasteiger partial charge in [0.2, 0.25) is 0 Å². The number of hydrogen-bond acceptors (Lipinski definition) is 2. The zero-order chi connectivity index (χ0) is 11.1.